The van der Waals surface area contributed by atoms with E-state index in [1.807, 2.05) is 13.8 Å². The fraction of sp³-hybridized carbons (Fsp3) is 0.467. The highest BCUT2D eigenvalue weighted by Crippen LogP contribution is 2.16. The molecule has 6 heteroatoms. The van der Waals surface area contributed by atoms with E-state index in [2.05, 4.69) is 16.0 Å². The molecule has 0 bridgehead atoms. The fourth-order valence-electron chi connectivity index (χ4n) is 1.92. The van der Waals surface area contributed by atoms with Crippen LogP contribution in [0.3, 0.4) is 0 Å². The predicted molar refractivity (Wildman–Crippen MR) is 81.1 cm³/mol. The molecule has 1 atom stereocenters. The summed E-state index contributed by atoms with van der Waals surface area (Å²) in [5.74, 6) is -0.283. The SMILES string of the molecule is CC(C)C(=O)Nc1cccc(NC(=O)C2COCCN2)c1. The van der Waals surface area contributed by atoms with Gasteiger partial charge in [0.15, 0.2) is 0 Å². The number of ether oxygens (including phenoxy) is 1. The maximum Gasteiger partial charge on any atom is 0.243 e. The molecule has 1 heterocycles. The van der Waals surface area contributed by atoms with Crippen molar-refractivity contribution in [3.8, 4) is 0 Å². The van der Waals surface area contributed by atoms with Crippen molar-refractivity contribution in [3.63, 3.8) is 0 Å². The van der Waals surface area contributed by atoms with Gasteiger partial charge in [-0.2, -0.15) is 0 Å². The van der Waals surface area contributed by atoms with E-state index in [4.69, 9.17) is 4.74 Å². The van der Waals surface area contributed by atoms with Gasteiger partial charge in [0.25, 0.3) is 0 Å². The first kappa shape index (κ1) is 15.5. The number of carbonyl (C=O) groups excluding carboxylic acids is 2. The van der Waals surface area contributed by atoms with E-state index < -0.39 is 0 Å². The molecule has 1 aromatic rings. The molecule has 2 amide bonds. The minimum Gasteiger partial charge on any atom is -0.378 e. The van der Waals surface area contributed by atoms with Gasteiger partial charge in [0, 0.05) is 23.8 Å². The summed E-state index contributed by atoms with van der Waals surface area (Å²) >= 11 is 0. The van der Waals surface area contributed by atoms with Gasteiger partial charge in [-0.15, -0.1) is 0 Å². The molecule has 6 nitrogen and oxygen atoms in total. The molecule has 1 unspecified atom stereocenters. The minimum atomic E-state index is -0.340. The maximum absolute atomic E-state index is 12.1. The van der Waals surface area contributed by atoms with Crippen LogP contribution < -0.4 is 16.0 Å². The van der Waals surface area contributed by atoms with Crippen molar-refractivity contribution < 1.29 is 14.3 Å². The van der Waals surface area contributed by atoms with Gasteiger partial charge in [0.1, 0.15) is 6.04 Å². The van der Waals surface area contributed by atoms with E-state index in [1.165, 1.54) is 0 Å². The van der Waals surface area contributed by atoms with Crippen molar-refractivity contribution in [2.45, 2.75) is 19.9 Å². The number of anilines is 2. The summed E-state index contributed by atoms with van der Waals surface area (Å²) in [6.45, 7) is 5.32. The third-order valence-corrected chi connectivity index (χ3v) is 3.16. The quantitative estimate of drug-likeness (QED) is 0.779. The molecule has 0 radical (unpaired) electrons. The summed E-state index contributed by atoms with van der Waals surface area (Å²) in [7, 11) is 0. The Hall–Kier alpha value is -1.92. The minimum absolute atomic E-state index is 0.0548. The van der Waals surface area contributed by atoms with Crippen molar-refractivity contribution in [1.82, 2.24) is 5.32 Å². The lowest BCUT2D eigenvalue weighted by molar-refractivity contribution is -0.121. The van der Waals surface area contributed by atoms with Crippen molar-refractivity contribution in [3.05, 3.63) is 24.3 Å². The van der Waals surface area contributed by atoms with Crippen LogP contribution in [0.1, 0.15) is 13.8 Å². The molecule has 1 aliphatic heterocycles. The normalized spacial score (nSPS) is 18.3. The first-order valence-electron chi connectivity index (χ1n) is 7.09. The Balaban J connectivity index is 1.97. The smallest absolute Gasteiger partial charge is 0.243 e. The molecule has 21 heavy (non-hydrogen) atoms. The summed E-state index contributed by atoms with van der Waals surface area (Å²) in [5, 5.41) is 8.72. The summed E-state index contributed by atoms with van der Waals surface area (Å²) in [4.78, 5) is 23.7. The molecule has 2 rings (SSSR count). The number of benzene rings is 1. The molecule has 3 N–H and O–H groups in total. The largest absolute Gasteiger partial charge is 0.378 e. The number of hydrogen-bond donors (Lipinski definition) is 3. The average molecular weight is 291 g/mol. The molecule has 0 aliphatic carbocycles. The molecule has 0 saturated carbocycles. The number of nitrogens with one attached hydrogen (secondary N) is 3. The van der Waals surface area contributed by atoms with Gasteiger partial charge >= 0.3 is 0 Å². The Morgan fingerprint density at radius 2 is 2.00 bits per heavy atom. The van der Waals surface area contributed by atoms with Crippen LogP contribution in [0.5, 0.6) is 0 Å². The molecule has 1 fully saturated rings. The standard InChI is InChI=1S/C15H21N3O3/c1-10(2)14(19)17-11-4-3-5-12(8-11)18-15(20)13-9-21-7-6-16-13/h3-5,8,10,13,16H,6-7,9H2,1-2H3,(H,17,19)(H,18,20). The van der Waals surface area contributed by atoms with E-state index in [1.54, 1.807) is 24.3 Å². The third-order valence-electron chi connectivity index (χ3n) is 3.16. The molecule has 1 saturated heterocycles. The second-order valence-corrected chi connectivity index (χ2v) is 5.30. The zero-order valence-electron chi connectivity index (χ0n) is 12.3. The number of morpholine rings is 1. The Labute approximate surface area is 124 Å². The first-order chi connectivity index (χ1) is 10.1. The van der Waals surface area contributed by atoms with Crippen LogP contribution in [0.4, 0.5) is 11.4 Å². The highest BCUT2D eigenvalue weighted by molar-refractivity contribution is 5.96. The van der Waals surface area contributed by atoms with Crippen LogP contribution in [0.15, 0.2) is 24.3 Å². The monoisotopic (exact) mass is 291 g/mol. The Bertz CT molecular complexity index is 511. The van der Waals surface area contributed by atoms with Crippen LogP contribution in [0.2, 0.25) is 0 Å². The lowest BCUT2D eigenvalue weighted by Crippen LogP contribution is -2.48. The predicted octanol–water partition coefficient (Wildman–Crippen LogP) is 1.21. The highest BCUT2D eigenvalue weighted by atomic mass is 16.5. The van der Waals surface area contributed by atoms with Crippen molar-refractivity contribution in [2.24, 2.45) is 5.92 Å². The van der Waals surface area contributed by atoms with Crippen LogP contribution in [0.25, 0.3) is 0 Å². The van der Waals surface area contributed by atoms with E-state index in [9.17, 15) is 9.59 Å². The molecule has 1 aliphatic rings. The lowest BCUT2D eigenvalue weighted by atomic mass is 10.2. The number of rotatable bonds is 4. The Kier molecular flexibility index (Phi) is 5.30. The molecule has 1 aromatic carbocycles. The Morgan fingerprint density at radius 1 is 1.29 bits per heavy atom. The number of amides is 2. The number of hydrogen-bond acceptors (Lipinski definition) is 4. The fourth-order valence-corrected chi connectivity index (χ4v) is 1.92. The van der Waals surface area contributed by atoms with Crippen LogP contribution in [-0.4, -0.2) is 37.6 Å². The van der Waals surface area contributed by atoms with E-state index in [0.29, 0.717) is 31.1 Å². The molecular weight excluding hydrogens is 270 g/mol. The highest BCUT2D eigenvalue weighted by Gasteiger charge is 2.21. The van der Waals surface area contributed by atoms with Gasteiger partial charge in [-0.3, -0.25) is 9.59 Å². The summed E-state index contributed by atoms with van der Waals surface area (Å²) in [6.07, 6.45) is 0. The van der Waals surface area contributed by atoms with Gasteiger partial charge in [0.05, 0.1) is 13.2 Å². The zero-order valence-corrected chi connectivity index (χ0v) is 12.3. The topological polar surface area (TPSA) is 79.5 Å². The molecule has 0 spiro atoms. The number of carbonyl (C=O) groups is 2. The van der Waals surface area contributed by atoms with Gasteiger partial charge in [-0.1, -0.05) is 19.9 Å². The van der Waals surface area contributed by atoms with Crippen LogP contribution in [0, 0.1) is 5.92 Å². The van der Waals surface area contributed by atoms with E-state index in [0.717, 1.165) is 0 Å². The summed E-state index contributed by atoms with van der Waals surface area (Å²) in [6, 6.07) is 6.76. The Morgan fingerprint density at radius 3 is 2.62 bits per heavy atom. The van der Waals surface area contributed by atoms with Crippen molar-refractivity contribution in [1.29, 1.82) is 0 Å². The summed E-state index contributed by atoms with van der Waals surface area (Å²) < 4.78 is 5.26. The van der Waals surface area contributed by atoms with Crippen LogP contribution in [-0.2, 0) is 14.3 Å². The summed E-state index contributed by atoms with van der Waals surface area (Å²) in [5.41, 5.74) is 1.31. The van der Waals surface area contributed by atoms with Gasteiger partial charge < -0.3 is 20.7 Å². The van der Waals surface area contributed by atoms with E-state index >= 15 is 0 Å². The van der Waals surface area contributed by atoms with Crippen LogP contribution >= 0.6 is 0 Å². The second kappa shape index (κ2) is 7.19. The first-order valence-corrected chi connectivity index (χ1v) is 7.09. The second-order valence-electron chi connectivity index (χ2n) is 5.30. The van der Waals surface area contributed by atoms with Gasteiger partial charge in [0.2, 0.25) is 11.8 Å². The molecule has 114 valence electrons. The maximum atomic E-state index is 12.1. The van der Waals surface area contributed by atoms with Gasteiger partial charge in [-0.25, -0.2) is 0 Å². The van der Waals surface area contributed by atoms with Crippen molar-refractivity contribution in [2.75, 3.05) is 30.4 Å². The molecular formula is C15H21N3O3. The van der Waals surface area contributed by atoms with Crippen molar-refractivity contribution >= 4 is 23.2 Å². The lowest BCUT2D eigenvalue weighted by Gasteiger charge is -2.23. The van der Waals surface area contributed by atoms with E-state index in [-0.39, 0.29) is 23.8 Å². The average Bonchev–Trinajstić information content (AvgIpc) is 2.48. The zero-order chi connectivity index (χ0) is 15.2. The molecule has 0 aromatic heterocycles. The van der Waals surface area contributed by atoms with Gasteiger partial charge in [-0.05, 0) is 18.2 Å². The third kappa shape index (κ3) is 4.54.